The van der Waals surface area contributed by atoms with Crippen molar-refractivity contribution in [2.75, 3.05) is 6.54 Å². The van der Waals surface area contributed by atoms with Crippen molar-refractivity contribution in [3.05, 3.63) is 60.2 Å². The highest BCUT2D eigenvalue weighted by Gasteiger charge is 2.12. The first kappa shape index (κ1) is 14.0. The molecule has 4 aromatic carbocycles. The summed E-state index contributed by atoms with van der Waals surface area (Å²) in [7, 11) is 0. The summed E-state index contributed by atoms with van der Waals surface area (Å²) in [6.45, 7) is 2.81. The second-order valence-electron chi connectivity index (χ2n) is 6.11. The topological polar surface area (TPSA) is 29.1 Å². The van der Waals surface area contributed by atoms with Crippen LogP contribution in [0.3, 0.4) is 0 Å². The average molecular weight is 301 g/mol. The summed E-state index contributed by atoms with van der Waals surface area (Å²) in [5.41, 5.74) is 1.10. The minimum absolute atomic E-state index is 0.0990. The molecule has 0 aliphatic heterocycles. The molecule has 23 heavy (non-hydrogen) atoms. The summed E-state index contributed by atoms with van der Waals surface area (Å²) in [5, 5.41) is 10.5. The molecule has 0 unspecified atom stereocenters. The molecule has 0 saturated heterocycles. The van der Waals surface area contributed by atoms with E-state index >= 15 is 0 Å². The van der Waals surface area contributed by atoms with Crippen LogP contribution in [0.15, 0.2) is 54.6 Å². The number of rotatable bonds is 4. The van der Waals surface area contributed by atoms with Crippen LogP contribution in [0, 0.1) is 0 Å². The van der Waals surface area contributed by atoms with Gasteiger partial charge in [0.15, 0.2) is 0 Å². The zero-order chi connectivity index (χ0) is 15.8. The highest BCUT2D eigenvalue weighted by Crippen LogP contribution is 2.35. The summed E-state index contributed by atoms with van der Waals surface area (Å²) < 4.78 is 0. The molecule has 0 aliphatic carbocycles. The van der Waals surface area contributed by atoms with E-state index in [0.29, 0.717) is 6.42 Å². The minimum atomic E-state index is 0.0990. The standard InChI is InChI=1S/C21H19NO/c1-2-12-22-19(23)13-17-9-8-16-7-6-14-4-3-5-15-10-11-18(17)21(16)20(14)15/h3-11H,2,12-13H2,1H3,(H,22,23). The molecule has 1 amide bonds. The lowest BCUT2D eigenvalue weighted by molar-refractivity contribution is -0.120. The molecule has 4 rings (SSSR count). The van der Waals surface area contributed by atoms with E-state index in [2.05, 4.69) is 66.8 Å². The normalized spacial score (nSPS) is 11.5. The van der Waals surface area contributed by atoms with Crippen LogP contribution in [0.2, 0.25) is 0 Å². The maximum absolute atomic E-state index is 12.1. The number of carbonyl (C=O) groups excluding carboxylic acids is 1. The lowest BCUT2D eigenvalue weighted by Crippen LogP contribution is -2.25. The van der Waals surface area contributed by atoms with Crippen molar-refractivity contribution in [3.8, 4) is 0 Å². The fourth-order valence-corrected chi connectivity index (χ4v) is 3.45. The fraction of sp³-hybridized carbons (Fsp3) is 0.190. The summed E-state index contributed by atoms with van der Waals surface area (Å²) in [6, 6.07) is 19.3. The van der Waals surface area contributed by atoms with Gasteiger partial charge in [0.2, 0.25) is 5.91 Å². The van der Waals surface area contributed by atoms with Crippen LogP contribution in [-0.2, 0) is 11.2 Å². The van der Waals surface area contributed by atoms with Gasteiger partial charge in [-0.05, 0) is 44.3 Å². The van der Waals surface area contributed by atoms with E-state index in [1.165, 1.54) is 32.3 Å². The molecule has 0 bridgehead atoms. The molecule has 0 atom stereocenters. The molecule has 0 fully saturated rings. The second kappa shape index (κ2) is 5.54. The van der Waals surface area contributed by atoms with E-state index in [4.69, 9.17) is 0 Å². The molecule has 2 nitrogen and oxygen atoms in total. The van der Waals surface area contributed by atoms with Crippen molar-refractivity contribution in [2.24, 2.45) is 0 Å². The van der Waals surface area contributed by atoms with Crippen LogP contribution in [-0.4, -0.2) is 12.5 Å². The first-order valence-corrected chi connectivity index (χ1v) is 8.20. The maximum Gasteiger partial charge on any atom is 0.224 e. The third-order valence-corrected chi connectivity index (χ3v) is 4.54. The van der Waals surface area contributed by atoms with Crippen LogP contribution in [0.4, 0.5) is 0 Å². The average Bonchev–Trinajstić information content (AvgIpc) is 2.59. The lowest BCUT2D eigenvalue weighted by Gasteiger charge is -2.13. The van der Waals surface area contributed by atoms with Gasteiger partial charge in [0, 0.05) is 6.54 Å². The Balaban J connectivity index is 1.91. The zero-order valence-corrected chi connectivity index (χ0v) is 13.2. The Morgan fingerprint density at radius 2 is 1.52 bits per heavy atom. The third-order valence-electron chi connectivity index (χ3n) is 4.54. The number of hydrogen-bond acceptors (Lipinski definition) is 1. The van der Waals surface area contributed by atoms with Crippen molar-refractivity contribution in [2.45, 2.75) is 19.8 Å². The van der Waals surface area contributed by atoms with E-state index in [0.717, 1.165) is 18.5 Å². The van der Waals surface area contributed by atoms with Crippen molar-refractivity contribution in [1.29, 1.82) is 0 Å². The maximum atomic E-state index is 12.1. The number of benzene rings is 4. The van der Waals surface area contributed by atoms with Crippen molar-refractivity contribution < 1.29 is 4.79 Å². The van der Waals surface area contributed by atoms with Gasteiger partial charge in [0.05, 0.1) is 6.42 Å². The fourth-order valence-electron chi connectivity index (χ4n) is 3.45. The van der Waals surface area contributed by atoms with Crippen LogP contribution in [0.25, 0.3) is 32.3 Å². The first-order valence-electron chi connectivity index (χ1n) is 8.20. The van der Waals surface area contributed by atoms with Crippen molar-refractivity contribution in [1.82, 2.24) is 5.32 Å². The first-order chi connectivity index (χ1) is 11.3. The largest absolute Gasteiger partial charge is 0.356 e. The van der Waals surface area contributed by atoms with E-state index in [9.17, 15) is 4.79 Å². The Morgan fingerprint density at radius 3 is 2.26 bits per heavy atom. The molecule has 0 spiro atoms. The van der Waals surface area contributed by atoms with Gasteiger partial charge in [-0.3, -0.25) is 4.79 Å². The third kappa shape index (κ3) is 2.31. The monoisotopic (exact) mass is 301 g/mol. The lowest BCUT2D eigenvalue weighted by atomic mass is 9.91. The van der Waals surface area contributed by atoms with E-state index in [-0.39, 0.29) is 5.91 Å². The Bertz CT molecular complexity index is 987. The van der Waals surface area contributed by atoms with Crippen LogP contribution < -0.4 is 5.32 Å². The van der Waals surface area contributed by atoms with Gasteiger partial charge in [-0.25, -0.2) is 0 Å². The van der Waals surface area contributed by atoms with E-state index < -0.39 is 0 Å². The molecule has 0 heterocycles. The molecule has 0 aliphatic rings. The number of nitrogens with one attached hydrogen (secondary N) is 1. The molecule has 2 heteroatoms. The summed E-state index contributed by atoms with van der Waals surface area (Å²) in [5.74, 6) is 0.0990. The molecule has 114 valence electrons. The highest BCUT2D eigenvalue weighted by molar-refractivity contribution is 6.23. The quantitative estimate of drug-likeness (QED) is 0.546. The van der Waals surface area contributed by atoms with Gasteiger partial charge >= 0.3 is 0 Å². The van der Waals surface area contributed by atoms with Gasteiger partial charge in [-0.15, -0.1) is 0 Å². The van der Waals surface area contributed by atoms with Crippen molar-refractivity contribution in [3.63, 3.8) is 0 Å². The highest BCUT2D eigenvalue weighted by atomic mass is 16.1. The molecule has 0 saturated carbocycles. The summed E-state index contributed by atoms with van der Waals surface area (Å²) in [4.78, 5) is 12.1. The Hall–Kier alpha value is -2.61. The number of carbonyl (C=O) groups is 1. The van der Waals surface area contributed by atoms with Gasteiger partial charge in [-0.2, -0.15) is 0 Å². The molecular weight excluding hydrogens is 282 g/mol. The zero-order valence-electron chi connectivity index (χ0n) is 13.2. The Kier molecular flexibility index (Phi) is 3.38. The predicted octanol–water partition coefficient (Wildman–Crippen LogP) is 4.65. The molecule has 0 radical (unpaired) electrons. The number of amides is 1. The molecule has 1 N–H and O–H groups in total. The molecule has 0 aromatic heterocycles. The Labute approximate surface area is 135 Å². The molecule has 4 aromatic rings. The minimum Gasteiger partial charge on any atom is -0.356 e. The number of hydrogen-bond donors (Lipinski definition) is 1. The van der Waals surface area contributed by atoms with Gasteiger partial charge in [-0.1, -0.05) is 61.5 Å². The van der Waals surface area contributed by atoms with Crippen LogP contribution in [0.5, 0.6) is 0 Å². The smallest absolute Gasteiger partial charge is 0.224 e. The van der Waals surface area contributed by atoms with Gasteiger partial charge in [0.25, 0.3) is 0 Å². The SMILES string of the molecule is CCCNC(=O)Cc1ccc2ccc3cccc4ccc1c2c34. The van der Waals surface area contributed by atoms with E-state index in [1.807, 2.05) is 0 Å². The van der Waals surface area contributed by atoms with Gasteiger partial charge in [0.1, 0.15) is 0 Å². The summed E-state index contributed by atoms with van der Waals surface area (Å²) in [6.07, 6.45) is 1.40. The van der Waals surface area contributed by atoms with Crippen LogP contribution >= 0.6 is 0 Å². The van der Waals surface area contributed by atoms with Crippen molar-refractivity contribution >= 4 is 38.2 Å². The van der Waals surface area contributed by atoms with E-state index in [1.54, 1.807) is 0 Å². The van der Waals surface area contributed by atoms with Gasteiger partial charge < -0.3 is 5.32 Å². The summed E-state index contributed by atoms with van der Waals surface area (Å²) >= 11 is 0. The Morgan fingerprint density at radius 1 is 0.870 bits per heavy atom. The van der Waals surface area contributed by atoms with Crippen LogP contribution in [0.1, 0.15) is 18.9 Å². The molecular formula is C21H19NO. The second-order valence-corrected chi connectivity index (χ2v) is 6.11. The predicted molar refractivity (Wildman–Crippen MR) is 97.2 cm³/mol.